The SMILES string of the molecule is O=C(COC1CCCCC1)N1C[C@@H](O)C[C@@H]1c1cc(F)ccc1F. The smallest absolute Gasteiger partial charge is 0.249 e. The first-order chi connectivity index (χ1) is 11.5. The maximum Gasteiger partial charge on any atom is 0.249 e. The molecule has 6 heteroatoms. The highest BCUT2D eigenvalue weighted by molar-refractivity contribution is 5.78. The zero-order valence-corrected chi connectivity index (χ0v) is 13.6. The molecule has 3 rings (SSSR count). The summed E-state index contributed by atoms with van der Waals surface area (Å²) in [5.74, 6) is -1.41. The van der Waals surface area contributed by atoms with E-state index < -0.39 is 23.8 Å². The van der Waals surface area contributed by atoms with Crippen LogP contribution in [0.5, 0.6) is 0 Å². The van der Waals surface area contributed by atoms with Crippen molar-refractivity contribution in [2.45, 2.75) is 56.8 Å². The van der Waals surface area contributed by atoms with Gasteiger partial charge in [-0.2, -0.15) is 0 Å². The Bertz CT molecular complexity index is 590. The molecule has 1 aliphatic carbocycles. The number of nitrogens with zero attached hydrogens (tertiary/aromatic N) is 1. The minimum absolute atomic E-state index is 0.0786. The predicted molar refractivity (Wildman–Crippen MR) is 84.3 cm³/mol. The maximum atomic E-state index is 14.0. The van der Waals surface area contributed by atoms with Gasteiger partial charge in [0.2, 0.25) is 5.91 Å². The number of carbonyl (C=O) groups is 1. The topological polar surface area (TPSA) is 49.8 Å². The number of ether oxygens (including phenoxy) is 1. The van der Waals surface area contributed by atoms with E-state index in [9.17, 15) is 18.7 Å². The van der Waals surface area contributed by atoms with Gasteiger partial charge in [0.05, 0.1) is 18.2 Å². The molecule has 24 heavy (non-hydrogen) atoms. The molecule has 0 bridgehead atoms. The lowest BCUT2D eigenvalue weighted by Gasteiger charge is -2.27. The number of halogens is 2. The van der Waals surface area contributed by atoms with Crippen LogP contribution in [0.2, 0.25) is 0 Å². The molecule has 1 amide bonds. The normalized spacial score (nSPS) is 25.2. The van der Waals surface area contributed by atoms with Crippen LogP contribution >= 0.6 is 0 Å². The molecule has 1 N–H and O–H groups in total. The molecule has 2 aliphatic rings. The number of hydrogen-bond donors (Lipinski definition) is 1. The molecule has 1 heterocycles. The zero-order valence-electron chi connectivity index (χ0n) is 13.6. The van der Waals surface area contributed by atoms with Crippen LogP contribution in [-0.4, -0.2) is 41.3 Å². The van der Waals surface area contributed by atoms with Gasteiger partial charge < -0.3 is 14.7 Å². The summed E-state index contributed by atoms with van der Waals surface area (Å²) < 4.78 is 33.2. The summed E-state index contributed by atoms with van der Waals surface area (Å²) in [5.41, 5.74) is 0.109. The van der Waals surface area contributed by atoms with Crippen molar-refractivity contribution in [1.82, 2.24) is 4.90 Å². The Labute approximate surface area is 140 Å². The lowest BCUT2D eigenvalue weighted by Crippen LogP contribution is -2.36. The molecule has 4 nitrogen and oxygen atoms in total. The highest BCUT2D eigenvalue weighted by Crippen LogP contribution is 2.34. The van der Waals surface area contributed by atoms with Crippen LogP contribution in [0.3, 0.4) is 0 Å². The third kappa shape index (κ3) is 3.92. The Morgan fingerprint density at radius 2 is 2.00 bits per heavy atom. The van der Waals surface area contributed by atoms with Crippen molar-refractivity contribution in [3.63, 3.8) is 0 Å². The fourth-order valence-electron chi connectivity index (χ4n) is 3.66. The van der Waals surface area contributed by atoms with Gasteiger partial charge >= 0.3 is 0 Å². The van der Waals surface area contributed by atoms with E-state index in [4.69, 9.17) is 4.74 Å². The molecule has 1 saturated carbocycles. The van der Waals surface area contributed by atoms with Gasteiger partial charge in [0.25, 0.3) is 0 Å². The molecular formula is C18H23F2NO3. The molecule has 2 fully saturated rings. The number of β-amino-alcohol motifs (C(OH)–C–C–N with tert-alkyl or cyclic N) is 1. The van der Waals surface area contributed by atoms with Gasteiger partial charge in [-0.15, -0.1) is 0 Å². The molecule has 1 aromatic carbocycles. The minimum Gasteiger partial charge on any atom is -0.391 e. The van der Waals surface area contributed by atoms with Crippen LogP contribution in [0.25, 0.3) is 0 Å². The summed E-state index contributed by atoms with van der Waals surface area (Å²) in [7, 11) is 0. The quantitative estimate of drug-likeness (QED) is 0.918. The molecular weight excluding hydrogens is 316 g/mol. The number of benzene rings is 1. The van der Waals surface area contributed by atoms with Gasteiger partial charge in [-0.25, -0.2) is 8.78 Å². The van der Waals surface area contributed by atoms with Gasteiger partial charge in [-0.3, -0.25) is 4.79 Å². The van der Waals surface area contributed by atoms with E-state index in [0.717, 1.165) is 43.9 Å². The Balaban J connectivity index is 1.68. The van der Waals surface area contributed by atoms with E-state index in [1.54, 1.807) is 0 Å². The number of amides is 1. The summed E-state index contributed by atoms with van der Waals surface area (Å²) in [5, 5.41) is 9.91. The summed E-state index contributed by atoms with van der Waals surface area (Å²) in [4.78, 5) is 13.9. The van der Waals surface area contributed by atoms with Crippen LogP contribution in [0.4, 0.5) is 8.78 Å². The summed E-state index contributed by atoms with van der Waals surface area (Å²) >= 11 is 0. The van der Waals surface area contributed by atoms with E-state index in [1.165, 1.54) is 11.3 Å². The molecule has 1 saturated heterocycles. The number of likely N-dealkylation sites (tertiary alicyclic amines) is 1. The largest absolute Gasteiger partial charge is 0.391 e. The van der Waals surface area contributed by atoms with E-state index in [0.29, 0.717) is 0 Å². The second-order valence-electron chi connectivity index (χ2n) is 6.69. The summed E-state index contributed by atoms with van der Waals surface area (Å²) in [6, 6.07) is 2.54. The maximum absolute atomic E-state index is 14.0. The second kappa shape index (κ2) is 7.57. The van der Waals surface area contributed by atoms with Gasteiger partial charge in [-0.1, -0.05) is 19.3 Å². The molecule has 1 aromatic rings. The monoisotopic (exact) mass is 339 g/mol. The predicted octanol–water partition coefficient (Wildman–Crippen LogP) is 2.95. The molecule has 0 unspecified atom stereocenters. The lowest BCUT2D eigenvalue weighted by atomic mass is 9.98. The highest BCUT2D eigenvalue weighted by atomic mass is 19.1. The molecule has 132 valence electrons. The first-order valence-corrected chi connectivity index (χ1v) is 8.58. The fraction of sp³-hybridized carbons (Fsp3) is 0.611. The van der Waals surface area contributed by atoms with Gasteiger partial charge in [0.15, 0.2) is 0 Å². The second-order valence-corrected chi connectivity index (χ2v) is 6.69. The molecule has 0 spiro atoms. The highest BCUT2D eigenvalue weighted by Gasteiger charge is 2.37. The van der Waals surface area contributed by atoms with E-state index in [2.05, 4.69) is 0 Å². The van der Waals surface area contributed by atoms with Gasteiger partial charge in [0.1, 0.15) is 18.2 Å². The average molecular weight is 339 g/mol. The van der Waals surface area contributed by atoms with E-state index in [-0.39, 0.29) is 37.1 Å². The number of hydrogen-bond acceptors (Lipinski definition) is 3. The van der Waals surface area contributed by atoms with Crippen LogP contribution in [0, 0.1) is 11.6 Å². The third-order valence-electron chi connectivity index (χ3n) is 4.91. The summed E-state index contributed by atoms with van der Waals surface area (Å²) in [6.07, 6.45) is 4.89. The molecule has 1 aliphatic heterocycles. The van der Waals surface area contributed by atoms with E-state index in [1.807, 2.05) is 0 Å². The van der Waals surface area contributed by atoms with Crippen molar-refractivity contribution in [2.24, 2.45) is 0 Å². The van der Waals surface area contributed by atoms with Crippen molar-refractivity contribution in [2.75, 3.05) is 13.2 Å². The summed E-state index contributed by atoms with van der Waals surface area (Å²) in [6.45, 7) is 0.0400. The van der Waals surface area contributed by atoms with Gasteiger partial charge in [-0.05, 0) is 37.5 Å². The Kier molecular flexibility index (Phi) is 5.46. The first kappa shape index (κ1) is 17.3. The van der Waals surface area contributed by atoms with Crippen LogP contribution in [0.15, 0.2) is 18.2 Å². The number of aliphatic hydroxyl groups is 1. The molecule has 2 atom stereocenters. The Morgan fingerprint density at radius 3 is 2.75 bits per heavy atom. The lowest BCUT2D eigenvalue weighted by molar-refractivity contribution is -0.140. The molecule has 0 radical (unpaired) electrons. The standard InChI is InChI=1S/C18H23F2NO3/c19-12-6-7-16(20)15(8-12)17-9-13(22)10-21(17)18(23)11-24-14-4-2-1-3-5-14/h6-8,13-14,17,22H,1-5,9-11H2/t13-,17+/m0/s1. The minimum atomic E-state index is -0.740. The number of rotatable bonds is 4. The van der Waals surface area contributed by atoms with Crippen LogP contribution in [-0.2, 0) is 9.53 Å². The Morgan fingerprint density at radius 1 is 1.25 bits per heavy atom. The van der Waals surface area contributed by atoms with Crippen molar-refractivity contribution >= 4 is 5.91 Å². The van der Waals surface area contributed by atoms with E-state index >= 15 is 0 Å². The Hall–Kier alpha value is -1.53. The van der Waals surface area contributed by atoms with Crippen molar-refractivity contribution < 1.29 is 23.4 Å². The average Bonchev–Trinajstić information content (AvgIpc) is 2.97. The fourth-order valence-corrected chi connectivity index (χ4v) is 3.66. The number of carbonyl (C=O) groups excluding carboxylic acids is 1. The zero-order chi connectivity index (χ0) is 17.1. The van der Waals surface area contributed by atoms with Crippen molar-refractivity contribution in [1.29, 1.82) is 0 Å². The third-order valence-corrected chi connectivity index (χ3v) is 4.91. The van der Waals surface area contributed by atoms with Crippen LogP contribution in [0.1, 0.15) is 50.1 Å². The van der Waals surface area contributed by atoms with Crippen LogP contribution < -0.4 is 0 Å². The van der Waals surface area contributed by atoms with Gasteiger partial charge in [0, 0.05) is 12.1 Å². The van der Waals surface area contributed by atoms with Crippen molar-refractivity contribution in [3.8, 4) is 0 Å². The molecule has 0 aromatic heterocycles. The number of aliphatic hydroxyl groups excluding tert-OH is 1. The van der Waals surface area contributed by atoms with Crippen molar-refractivity contribution in [3.05, 3.63) is 35.4 Å². The first-order valence-electron chi connectivity index (χ1n) is 8.58.